The number of carbonyl (C=O) groups excluding carboxylic acids is 1. The van der Waals surface area contributed by atoms with Gasteiger partial charge in [-0.25, -0.2) is 0 Å². The predicted molar refractivity (Wildman–Crippen MR) is 61.7 cm³/mol. The van der Waals surface area contributed by atoms with Crippen LogP contribution in [0.4, 0.5) is 0 Å². The minimum Gasteiger partial charge on any atom is -0.369 e. The van der Waals surface area contributed by atoms with Gasteiger partial charge in [0.1, 0.15) is 0 Å². The summed E-state index contributed by atoms with van der Waals surface area (Å²) < 4.78 is 0. The lowest BCUT2D eigenvalue weighted by molar-refractivity contribution is -0.117. The third kappa shape index (κ3) is 3.90. The van der Waals surface area contributed by atoms with Crippen LogP contribution in [0, 0.1) is 0 Å². The highest BCUT2D eigenvalue weighted by Gasteiger charge is 2.09. The van der Waals surface area contributed by atoms with Gasteiger partial charge in [-0.05, 0) is 24.1 Å². The van der Waals surface area contributed by atoms with Crippen LogP contribution in [0.5, 0.6) is 0 Å². The molecule has 0 aliphatic rings. The van der Waals surface area contributed by atoms with Gasteiger partial charge in [0, 0.05) is 11.1 Å². The summed E-state index contributed by atoms with van der Waals surface area (Å²) in [7, 11) is 0. The number of amides is 1. The van der Waals surface area contributed by atoms with Crippen molar-refractivity contribution in [3.8, 4) is 0 Å². The molecule has 0 saturated heterocycles. The van der Waals surface area contributed by atoms with Crippen LogP contribution in [0.2, 0.25) is 5.02 Å². The van der Waals surface area contributed by atoms with Crippen molar-refractivity contribution in [2.75, 3.05) is 6.54 Å². The minimum absolute atomic E-state index is 0.121. The first kappa shape index (κ1) is 12.0. The van der Waals surface area contributed by atoms with E-state index in [9.17, 15) is 4.79 Å². The Morgan fingerprint density at radius 2 is 2.33 bits per heavy atom. The average molecular weight is 227 g/mol. The molecule has 0 aliphatic carbocycles. The molecule has 0 heterocycles. The number of nitrogens with one attached hydrogen (secondary N) is 1. The summed E-state index contributed by atoms with van der Waals surface area (Å²) in [4.78, 5) is 10.7. The van der Waals surface area contributed by atoms with E-state index in [1.807, 2.05) is 31.2 Å². The van der Waals surface area contributed by atoms with Crippen molar-refractivity contribution in [3.63, 3.8) is 0 Å². The molecular formula is C11H15ClN2O. The van der Waals surface area contributed by atoms with Crippen LogP contribution in [0.15, 0.2) is 24.3 Å². The van der Waals surface area contributed by atoms with Gasteiger partial charge in [-0.1, -0.05) is 30.7 Å². The van der Waals surface area contributed by atoms with Gasteiger partial charge in [0.15, 0.2) is 0 Å². The van der Waals surface area contributed by atoms with Crippen molar-refractivity contribution in [3.05, 3.63) is 34.9 Å². The number of nitrogens with two attached hydrogens (primary N) is 1. The second-order valence-electron chi connectivity index (χ2n) is 3.36. The quantitative estimate of drug-likeness (QED) is 0.806. The number of hydrogen-bond acceptors (Lipinski definition) is 2. The Labute approximate surface area is 94.6 Å². The zero-order valence-electron chi connectivity index (χ0n) is 8.66. The molecule has 15 heavy (non-hydrogen) atoms. The molecule has 3 nitrogen and oxygen atoms in total. The van der Waals surface area contributed by atoms with Crippen molar-refractivity contribution < 1.29 is 4.79 Å². The normalized spacial score (nSPS) is 12.4. The number of primary amides is 1. The molecular weight excluding hydrogens is 212 g/mol. The third-order valence-electron chi connectivity index (χ3n) is 2.18. The second kappa shape index (κ2) is 5.73. The lowest BCUT2D eigenvalue weighted by Gasteiger charge is -2.16. The maximum absolute atomic E-state index is 10.7. The lowest BCUT2D eigenvalue weighted by atomic mass is 10.0. The van der Waals surface area contributed by atoms with Crippen molar-refractivity contribution in [1.29, 1.82) is 0 Å². The van der Waals surface area contributed by atoms with Crippen molar-refractivity contribution in [2.45, 2.75) is 19.4 Å². The molecule has 1 amide bonds. The van der Waals surface area contributed by atoms with Gasteiger partial charge in [-0.3, -0.25) is 4.79 Å². The van der Waals surface area contributed by atoms with E-state index >= 15 is 0 Å². The summed E-state index contributed by atoms with van der Waals surface area (Å²) in [6, 6.07) is 7.71. The van der Waals surface area contributed by atoms with Gasteiger partial charge in [0.25, 0.3) is 0 Å². The third-order valence-corrected chi connectivity index (χ3v) is 2.42. The van der Waals surface area contributed by atoms with Crippen LogP contribution >= 0.6 is 11.6 Å². The van der Waals surface area contributed by atoms with E-state index in [4.69, 9.17) is 17.3 Å². The first-order chi connectivity index (χ1) is 7.13. The lowest BCUT2D eigenvalue weighted by Crippen LogP contribution is -2.31. The zero-order valence-corrected chi connectivity index (χ0v) is 9.42. The van der Waals surface area contributed by atoms with E-state index in [2.05, 4.69) is 5.32 Å². The SMILES string of the molecule is CC[C@H](NCC(N)=O)c1cccc(Cl)c1. The standard InChI is InChI=1S/C11H15ClN2O/c1-2-10(14-7-11(13)15)8-4-3-5-9(12)6-8/h3-6,10,14H,2,7H2,1H3,(H2,13,15)/t10-/m0/s1. The molecule has 0 radical (unpaired) electrons. The van der Waals surface area contributed by atoms with Gasteiger partial charge in [0.05, 0.1) is 6.54 Å². The van der Waals surface area contributed by atoms with Crippen LogP contribution < -0.4 is 11.1 Å². The van der Waals surface area contributed by atoms with Crippen LogP contribution in [-0.2, 0) is 4.79 Å². The molecule has 0 aliphatic heterocycles. The van der Waals surface area contributed by atoms with Gasteiger partial charge < -0.3 is 11.1 Å². The predicted octanol–water partition coefficient (Wildman–Crippen LogP) is 1.87. The molecule has 3 N–H and O–H groups in total. The van der Waals surface area contributed by atoms with E-state index in [1.165, 1.54) is 0 Å². The molecule has 0 spiro atoms. The Bertz CT molecular complexity index is 341. The summed E-state index contributed by atoms with van der Waals surface area (Å²) in [6.07, 6.45) is 0.883. The highest BCUT2D eigenvalue weighted by atomic mass is 35.5. The average Bonchev–Trinajstić information content (AvgIpc) is 2.18. The number of carbonyl (C=O) groups is 1. The fraction of sp³-hybridized carbons (Fsp3) is 0.364. The van der Waals surface area contributed by atoms with Crippen molar-refractivity contribution in [2.24, 2.45) is 5.73 Å². The van der Waals surface area contributed by atoms with Crippen molar-refractivity contribution in [1.82, 2.24) is 5.32 Å². The number of halogens is 1. The Balaban J connectivity index is 2.69. The maximum atomic E-state index is 10.7. The van der Waals surface area contributed by atoms with E-state index in [1.54, 1.807) is 0 Å². The number of hydrogen-bond donors (Lipinski definition) is 2. The summed E-state index contributed by atoms with van der Waals surface area (Å²) >= 11 is 5.89. The Morgan fingerprint density at radius 3 is 2.87 bits per heavy atom. The second-order valence-corrected chi connectivity index (χ2v) is 3.80. The van der Waals surface area contributed by atoms with Crippen LogP contribution in [0.25, 0.3) is 0 Å². The van der Waals surface area contributed by atoms with E-state index in [0.29, 0.717) is 5.02 Å². The van der Waals surface area contributed by atoms with Gasteiger partial charge >= 0.3 is 0 Å². The van der Waals surface area contributed by atoms with Crippen LogP contribution in [-0.4, -0.2) is 12.5 Å². The largest absolute Gasteiger partial charge is 0.369 e. The molecule has 1 aromatic carbocycles. The molecule has 0 bridgehead atoms. The fourth-order valence-electron chi connectivity index (χ4n) is 1.45. The summed E-state index contributed by atoms with van der Waals surface area (Å²) in [5.74, 6) is -0.351. The Morgan fingerprint density at radius 1 is 1.60 bits per heavy atom. The highest BCUT2D eigenvalue weighted by Crippen LogP contribution is 2.19. The Hall–Kier alpha value is -1.06. The monoisotopic (exact) mass is 226 g/mol. The molecule has 1 rings (SSSR count). The molecule has 1 atom stereocenters. The topological polar surface area (TPSA) is 55.1 Å². The van der Waals surface area contributed by atoms with E-state index < -0.39 is 0 Å². The minimum atomic E-state index is -0.351. The van der Waals surface area contributed by atoms with Crippen LogP contribution in [0.3, 0.4) is 0 Å². The highest BCUT2D eigenvalue weighted by molar-refractivity contribution is 6.30. The first-order valence-corrected chi connectivity index (χ1v) is 5.28. The summed E-state index contributed by atoms with van der Waals surface area (Å²) in [5.41, 5.74) is 6.15. The van der Waals surface area contributed by atoms with Crippen molar-refractivity contribution >= 4 is 17.5 Å². The van der Waals surface area contributed by atoms with Gasteiger partial charge in [-0.15, -0.1) is 0 Å². The molecule has 4 heteroatoms. The molecule has 0 unspecified atom stereocenters. The van der Waals surface area contributed by atoms with Gasteiger partial charge in [0.2, 0.25) is 5.91 Å². The van der Waals surface area contributed by atoms with Gasteiger partial charge in [-0.2, -0.15) is 0 Å². The van der Waals surface area contributed by atoms with E-state index in [-0.39, 0.29) is 18.5 Å². The fourth-order valence-corrected chi connectivity index (χ4v) is 1.64. The Kier molecular flexibility index (Phi) is 4.59. The summed E-state index contributed by atoms with van der Waals surface area (Å²) in [6.45, 7) is 2.23. The maximum Gasteiger partial charge on any atom is 0.231 e. The smallest absolute Gasteiger partial charge is 0.231 e. The molecule has 0 fully saturated rings. The molecule has 0 saturated carbocycles. The van der Waals surface area contributed by atoms with E-state index in [0.717, 1.165) is 12.0 Å². The number of benzene rings is 1. The van der Waals surface area contributed by atoms with Crippen LogP contribution in [0.1, 0.15) is 24.9 Å². The molecule has 82 valence electrons. The zero-order chi connectivity index (χ0) is 11.3. The molecule has 1 aromatic rings. The molecule has 0 aromatic heterocycles. The number of rotatable bonds is 5. The summed E-state index contributed by atoms with van der Waals surface area (Å²) in [5, 5.41) is 3.78. The first-order valence-electron chi connectivity index (χ1n) is 4.90.